The van der Waals surface area contributed by atoms with Crippen LogP contribution < -0.4 is 5.32 Å². The zero-order valence-corrected chi connectivity index (χ0v) is 12.8. The third kappa shape index (κ3) is 3.05. The third-order valence-corrected chi connectivity index (χ3v) is 3.46. The van der Waals surface area contributed by atoms with Crippen LogP contribution in [0.3, 0.4) is 0 Å². The first kappa shape index (κ1) is 16.3. The number of nitrogens with zero attached hydrogens (tertiary/aromatic N) is 2. The molecule has 2 atom stereocenters. The summed E-state index contributed by atoms with van der Waals surface area (Å²) in [6, 6.07) is 1.92. The van der Waals surface area contributed by atoms with Crippen molar-refractivity contribution in [1.82, 2.24) is 14.7 Å². The molecule has 0 aromatic carbocycles. The first-order valence-corrected chi connectivity index (χ1v) is 7.11. The van der Waals surface area contributed by atoms with Crippen molar-refractivity contribution in [3.63, 3.8) is 0 Å². The van der Waals surface area contributed by atoms with Gasteiger partial charge in [-0.05, 0) is 25.5 Å². The van der Waals surface area contributed by atoms with Gasteiger partial charge in [0.2, 0.25) is 0 Å². The van der Waals surface area contributed by atoms with E-state index in [1.165, 1.54) is 17.5 Å². The molecule has 0 saturated carbocycles. The van der Waals surface area contributed by atoms with Crippen molar-refractivity contribution < 1.29 is 19.8 Å². The zero-order chi connectivity index (χ0) is 16.4. The number of carboxylic acids is 1. The number of aryl methyl sites for hydroxylation is 1. The van der Waals surface area contributed by atoms with Gasteiger partial charge in [-0.1, -0.05) is 18.5 Å². The Morgan fingerprint density at radius 2 is 2.14 bits per heavy atom. The Hall–Kier alpha value is -2.12. The highest BCUT2D eigenvalue weighted by Crippen LogP contribution is 2.17. The SMILES string of the molecule is CCc1nc2ccc(Cl)cn2c1C(=O)NC(C(=O)O)C(C)O. The Morgan fingerprint density at radius 1 is 1.45 bits per heavy atom. The molecule has 2 unspecified atom stereocenters. The quantitative estimate of drug-likeness (QED) is 0.764. The van der Waals surface area contributed by atoms with Gasteiger partial charge in [0.25, 0.3) is 5.91 Å². The summed E-state index contributed by atoms with van der Waals surface area (Å²) < 4.78 is 1.51. The molecule has 7 nitrogen and oxygen atoms in total. The van der Waals surface area contributed by atoms with Gasteiger partial charge in [-0.3, -0.25) is 9.20 Å². The number of rotatable bonds is 5. The van der Waals surface area contributed by atoms with Crippen LogP contribution in [0.2, 0.25) is 5.02 Å². The van der Waals surface area contributed by atoms with E-state index in [9.17, 15) is 14.7 Å². The number of carboxylic acid groups (broad SMARTS) is 1. The Morgan fingerprint density at radius 3 is 2.68 bits per heavy atom. The molecule has 0 aliphatic carbocycles. The maximum Gasteiger partial charge on any atom is 0.328 e. The minimum atomic E-state index is -1.40. The van der Waals surface area contributed by atoms with Crippen LogP contribution in [0.15, 0.2) is 18.3 Å². The molecule has 118 valence electrons. The fraction of sp³-hybridized carbons (Fsp3) is 0.357. The molecule has 0 fully saturated rings. The van der Waals surface area contributed by atoms with E-state index in [0.29, 0.717) is 22.8 Å². The lowest BCUT2D eigenvalue weighted by molar-refractivity contribution is -0.141. The van der Waals surface area contributed by atoms with Crippen LogP contribution in [-0.2, 0) is 11.2 Å². The fourth-order valence-corrected chi connectivity index (χ4v) is 2.31. The lowest BCUT2D eigenvalue weighted by Crippen LogP contribution is -2.48. The van der Waals surface area contributed by atoms with Crippen LogP contribution in [-0.4, -0.2) is 43.6 Å². The highest BCUT2D eigenvalue weighted by Gasteiger charge is 2.28. The van der Waals surface area contributed by atoms with E-state index in [2.05, 4.69) is 10.3 Å². The number of aliphatic hydroxyl groups is 1. The number of hydrogen-bond acceptors (Lipinski definition) is 4. The molecule has 2 heterocycles. The predicted molar refractivity (Wildman–Crippen MR) is 80.2 cm³/mol. The van der Waals surface area contributed by atoms with Gasteiger partial charge >= 0.3 is 5.97 Å². The maximum absolute atomic E-state index is 12.4. The summed E-state index contributed by atoms with van der Waals surface area (Å²) in [5.74, 6) is -1.94. The molecule has 0 radical (unpaired) electrons. The predicted octanol–water partition coefficient (Wildman–Crippen LogP) is 1.11. The van der Waals surface area contributed by atoms with E-state index in [0.717, 1.165) is 0 Å². The number of imidazole rings is 1. The van der Waals surface area contributed by atoms with Crippen LogP contribution in [0.1, 0.15) is 30.0 Å². The monoisotopic (exact) mass is 325 g/mol. The summed E-state index contributed by atoms with van der Waals surface area (Å²) in [4.78, 5) is 27.9. The lowest BCUT2D eigenvalue weighted by Gasteiger charge is -2.17. The minimum Gasteiger partial charge on any atom is -0.480 e. The normalized spacial score (nSPS) is 13.8. The minimum absolute atomic E-state index is 0.215. The summed E-state index contributed by atoms with van der Waals surface area (Å²) in [5.41, 5.74) is 1.27. The van der Waals surface area contributed by atoms with Crippen LogP contribution in [0.25, 0.3) is 5.65 Å². The number of carbonyl (C=O) groups is 2. The molecule has 0 bridgehead atoms. The average Bonchev–Trinajstić information content (AvgIpc) is 2.81. The van der Waals surface area contributed by atoms with E-state index in [1.807, 2.05) is 6.92 Å². The largest absolute Gasteiger partial charge is 0.480 e. The van der Waals surface area contributed by atoms with Crippen molar-refractivity contribution >= 4 is 29.1 Å². The number of nitrogens with one attached hydrogen (secondary N) is 1. The number of amides is 1. The van der Waals surface area contributed by atoms with Crippen molar-refractivity contribution in [2.75, 3.05) is 0 Å². The standard InChI is InChI=1S/C14H16ClN3O4/c1-3-9-12(13(20)17-11(7(2)19)14(21)22)18-6-8(15)4-5-10(18)16-9/h4-7,11,19H,3H2,1-2H3,(H,17,20)(H,21,22). The van der Waals surface area contributed by atoms with Gasteiger partial charge < -0.3 is 15.5 Å². The molecule has 0 saturated heterocycles. The Balaban J connectivity index is 2.46. The van der Waals surface area contributed by atoms with E-state index < -0.39 is 24.0 Å². The molecule has 3 N–H and O–H groups in total. The van der Waals surface area contributed by atoms with Crippen molar-refractivity contribution in [3.8, 4) is 0 Å². The molecule has 8 heteroatoms. The fourth-order valence-electron chi connectivity index (χ4n) is 2.15. The topological polar surface area (TPSA) is 104 Å². The van der Waals surface area contributed by atoms with E-state index in [1.54, 1.807) is 12.1 Å². The van der Waals surface area contributed by atoms with Crippen LogP contribution >= 0.6 is 11.6 Å². The summed E-state index contributed by atoms with van der Waals surface area (Å²) in [6.45, 7) is 3.13. The average molecular weight is 326 g/mol. The van der Waals surface area contributed by atoms with Gasteiger partial charge in [-0.2, -0.15) is 0 Å². The maximum atomic E-state index is 12.4. The van der Waals surface area contributed by atoms with Crippen LogP contribution in [0.4, 0.5) is 0 Å². The molecule has 2 aromatic heterocycles. The van der Waals surface area contributed by atoms with Crippen molar-refractivity contribution in [2.45, 2.75) is 32.4 Å². The molecule has 2 rings (SSSR count). The molecule has 2 aromatic rings. The second kappa shape index (κ2) is 6.33. The molecular formula is C14H16ClN3O4. The van der Waals surface area contributed by atoms with Gasteiger partial charge in [0.05, 0.1) is 16.8 Å². The highest BCUT2D eigenvalue weighted by atomic mass is 35.5. The number of hydrogen-bond donors (Lipinski definition) is 3. The van der Waals surface area contributed by atoms with Gasteiger partial charge in [-0.15, -0.1) is 0 Å². The van der Waals surface area contributed by atoms with E-state index in [4.69, 9.17) is 16.7 Å². The number of halogens is 1. The van der Waals surface area contributed by atoms with Crippen molar-refractivity contribution in [3.05, 3.63) is 34.7 Å². The summed E-state index contributed by atoms with van der Waals surface area (Å²) in [6.07, 6.45) is 0.805. The number of aromatic nitrogens is 2. The lowest BCUT2D eigenvalue weighted by atomic mass is 10.1. The number of pyridine rings is 1. The Bertz CT molecular complexity index is 726. The Kier molecular flexibility index (Phi) is 4.68. The van der Waals surface area contributed by atoms with Crippen LogP contribution in [0.5, 0.6) is 0 Å². The van der Waals surface area contributed by atoms with Crippen LogP contribution in [0, 0.1) is 0 Å². The summed E-state index contributed by atoms with van der Waals surface area (Å²) >= 11 is 5.94. The van der Waals surface area contributed by atoms with Gasteiger partial charge in [0.15, 0.2) is 6.04 Å². The van der Waals surface area contributed by atoms with Gasteiger partial charge in [0, 0.05) is 6.20 Å². The highest BCUT2D eigenvalue weighted by molar-refractivity contribution is 6.30. The second-order valence-corrected chi connectivity index (χ2v) is 5.30. The van der Waals surface area contributed by atoms with Crippen molar-refractivity contribution in [1.29, 1.82) is 0 Å². The Labute approximate surface area is 131 Å². The van der Waals surface area contributed by atoms with E-state index in [-0.39, 0.29) is 5.69 Å². The second-order valence-electron chi connectivity index (χ2n) is 4.87. The zero-order valence-electron chi connectivity index (χ0n) is 12.1. The van der Waals surface area contributed by atoms with E-state index >= 15 is 0 Å². The molecule has 0 spiro atoms. The first-order valence-electron chi connectivity index (χ1n) is 6.73. The number of aliphatic hydroxyl groups excluding tert-OH is 1. The summed E-state index contributed by atoms with van der Waals surface area (Å²) in [5, 5.41) is 21.3. The van der Waals surface area contributed by atoms with Gasteiger partial charge in [-0.25, -0.2) is 9.78 Å². The summed E-state index contributed by atoms with van der Waals surface area (Å²) in [7, 11) is 0. The molecule has 0 aliphatic rings. The molecule has 22 heavy (non-hydrogen) atoms. The number of fused-ring (bicyclic) bond motifs is 1. The number of aliphatic carboxylic acids is 1. The molecule has 1 amide bonds. The first-order chi connectivity index (χ1) is 10.3. The third-order valence-electron chi connectivity index (χ3n) is 3.24. The smallest absolute Gasteiger partial charge is 0.328 e. The number of carbonyl (C=O) groups excluding carboxylic acids is 1. The molecule has 0 aliphatic heterocycles. The molecular weight excluding hydrogens is 310 g/mol. The van der Waals surface area contributed by atoms with Crippen molar-refractivity contribution in [2.24, 2.45) is 0 Å². The van der Waals surface area contributed by atoms with Gasteiger partial charge in [0.1, 0.15) is 11.3 Å².